The molecule has 0 spiro atoms. The van der Waals surface area contributed by atoms with Gasteiger partial charge < -0.3 is 20.3 Å². The van der Waals surface area contributed by atoms with Crippen molar-refractivity contribution >= 4 is 17.5 Å². The van der Waals surface area contributed by atoms with Crippen molar-refractivity contribution in [2.75, 3.05) is 18.0 Å². The summed E-state index contributed by atoms with van der Waals surface area (Å²) in [5.41, 5.74) is 0.740. The first-order valence-electron chi connectivity index (χ1n) is 8.64. The van der Waals surface area contributed by atoms with Gasteiger partial charge in [-0.05, 0) is 45.4 Å². The Bertz CT molecular complexity index is 619. The third-order valence-electron chi connectivity index (χ3n) is 4.62. The van der Waals surface area contributed by atoms with E-state index in [4.69, 9.17) is 4.74 Å². The van der Waals surface area contributed by atoms with Crippen molar-refractivity contribution in [3.63, 3.8) is 0 Å². The van der Waals surface area contributed by atoms with E-state index in [0.717, 1.165) is 25.1 Å². The molecule has 2 amide bonds. The number of nitrogens with one attached hydrogen (secondary N) is 2. The second-order valence-electron chi connectivity index (χ2n) is 6.61. The Morgan fingerprint density at radius 3 is 2.96 bits per heavy atom. The Kier molecular flexibility index (Phi) is 5.04. The van der Waals surface area contributed by atoms with Crippen LogP contribution in [-0.2, 0) is 9.59 Å². The third kappa shape index (κ3) is 3.70. The minimum atomic E-state index is -0.520. The Labute approximate surface area is 142 Å². The highest BCUT2D eigenvalue weighted by Crippen LogP contribution is 2.33. The van der Waals surface area contributed by atoms with Crippen molar-refractivity contribution in [2.24, 2.45) is 0 Å². The number of ether oxygens (including phenoxy) is 1. The fraction of sp³-hybridized carbons (Fsp3) is 0.556. The first-order valence-corrected chi connectivity index (χ1v) is 8.64. The van der Waals surface area contributed by atoms with Crippen LogP contribution in [0.1, 0.15) is 33.1 Å². The molecule has 130 valence electrons. The van der Waals surface area contributed by atoms with Crippen molar-refractivity contribution in [2.45, 2.75) is 51.3 Å². The van der Waals surface area contributed by atoms with Crippen molar-refractivity contribution in [1.29, 1.82) is 0 Å². The molecule has 3 atom stereocenters. The van der Waals surface area contributed by atoms with Gasteiger partial charge in [0.2, 0.25) is 5.91 Å². The average Bonchev–Trinajstić information content (AvgIpc) is 2.55. The van der Waals surface area contributed by atoms with Crippen molar-refractivity contribution in [3.8, 4) is 5.75 Å². The number of anilines is 1. The van der Waals surface area contributed by atoms with Gasteiger partial charge in [0.25, 0.3) is 5.91 Å². The van der Waals surface area contributed by atoms with E-state index in [-0.39, 0.29) is 17.9 Å². The molecule has 1 aromatic carbocycles. The van der Waals surface area contributed by atoms with Crippen molar-refractivity contribution < 1.29 is 14.3 Å². The summed E-state index contributed by atoms with van der Waals surface area (Å²) in [6, 6.07) is 8.10. The molecule has 24 heavy (non-hydrogen) atoms. The molecule has 6 heteroatoms. The third-order valence-corrected chi connectivity index (χ3v) is 4.62. The molecular formula is C18H25N3O3. The lowest BCUT2D eigenvalue weighted by atomic mass is 10.0. The van der Waals surface area contributed by atoms with E-state index >= 15 is 0 Å². The molecule has 0 saturated carbocycles. The molecule has 0 bridgehead atoms. The van der Waals surface area contributed by atoms with Crippen LogP contribution in [0.5, 0.6) is 5.75 Å². The second-order valence-corrected chi connectivity index (χ2v) is 6.61. The summed E-state index contributed by atoms with van der Waals surface area (Å²) in [7, 11) is 0. The Morgan fingerprint density at radius 2 is 2.17 bits per heavy atom. The van der Waals surface area contributed by atoms with Gasteiger partial charge in [-0.2, -0.15) is 0 Å². The van der Waals surface area contributed by atoms with Crippen LogP contribution in [0.15, 0.2) is 24.3 Å². The predicted molar refractivity (Wildman–Crippen MR) is 92.1 cm³/mol. The fourth-order valence-electron chi connectivity index (χ4n) is 3.37. The van der Waals surface area contributed by atoms with Crippen LogP contribution in [0.4, 0.5) is 5.69 Å². The maximum Gasteiger partial charge on any atom is 0.267 e. The first kappa shape index (κ1) is 16.8. The molecule has 1 fully saturated rings. The van der Waals surface area contributed by atoms with E-state index in [2.05, 4.69) is 17.6 Å². The van der Waals surface area contributed by atoms with Gasteiger partial charge >= 0.3 is 0 Å². The largest absolute Gasteiger partial charge is 0.479 e. The lowest BCUT2D eigenvalue weighted by Crippen LogP contribution is -2.48. The quantitative estimate of drug-likeness (QED) is 0.876. The van der Waals surface area contributed by atoms with Gasteiger partial charge in [0.15, 0.2) is 6.10 Å². The SMILES string of the molecule is CC1CC(NC(=O)CCN2C(=O)C(C)Oc3ccccc32)CCN1. The Morgan fingerprint density at radius 1 is 1.38 bits per heavy atom. The highest BCUT2D eigenvalue weighted by atomic mass is 16.5. The Balaban J connectivity index is 1.59. The van der Waals surface area contributed by atoms with Gasteiger partial charge in [0.05, 0.1) is 5.69 Å². The summed E-state index contributed by atoms with van der Waals surface area (Å²) in [4.78, 5) is 26.3. The number of carbonyl (C=O) groups excluding carboxylic acids is 2. The number of rotatable bonds is 4. The number of para-hydroxylation sites is 2. The number of piperidine rings is 1. The molecule has 0 aliphatic carbocycles. The second kappa shape index (κ2) is 7.21. The highest BCUT2D eigenvalue weighted by Gasteiger charge is 2.31. The number of hydrogen-bond donors (Lipinski definition) is 2. The minimum Gasteiger partial charge on any atom is -0.479 e. The molecular weight excluding hydrogens is 306 g/mol. The molecule has 1 saturated heterocycles. The van der Waals surface area contributed by atoms with Gasteiger partial charge in [0, 0.05) is 25.0 Å². The fourth-order valence-corrected chi connectivity index (χ4v) is 3.37. The summed E-state index contributed by atoms with van der Waals surface area (Å²) in [6.07, 6.45) is 1.67. The van der Waals surface area contributed by atoms with Crippen LogP contribution in [-0.4, -0.2) is 43.1 Å². The van der Waals surface area contributed by atoms with E-state index in [1.54, 1.807) is 11.8 Å². The zero-order chi connectivity index (χ0) is 17.1. The van der Waals surface area contributed by atoms with Crippen LogP contribution < -0.4 is 20.3 Å². The van der Waals surface area contributed by atoms with Crippen LogP contribution in [0.2, 0.25) is 0 Å². The molecule has 2 aliphatic rings. The predicted octanol–water partition coefficient (Wildman–Crippen LogP) is 1.45. The summed E-state index contributed by atoms with van der Waals surface area (Å²) < 4.78 is 5.62. The average molecular weight is 331 g/mol. The number of benzene rings is 1. The zero-order valence-corrected chi connectivity index (χ0v) is 14.2. The summed E-state index contributed by atoms with van der Waals surface area (Å²) in [5, 5.41) is 6.46. The summed E-state index contributed by atoms with van der Waals surface area (Å²) >= 11 is 0. The number of carbonyl (C=O) groups is 2. The van der Waals surface area contributed by atoms with Crippen molar-refractivity contribution in [3.05, 3.63) is 24.3 Å². The molecule has 6 nitrogen and oxygen atoms in total. The summed E-state index contributed by atoms with van der Waals surface area (Å²) in [5.74, 6) is 0.590. The molecule has 3 unspecified atom stereocenters. The highest BCUT2D eigenvalue weighted by molar-refractivity contribution is 6.00. The van der Waals surface area contributed by atoms with E-state index in [0.29, 0.717) is 24.8 Å². The van der Waals surface area contributed by atoms with Gasteiger partial charge in [-0.1, -0.05) is 12.1 Å². The Hall–Kier alpha value is -2.08. The van der Waals surface area contributed by atoms with E-state index < -0.39 is 6.10 Å². The molecule has 3 rings (SSSR count). The lowest BCUT2D eigenvalue weighted by molar-refractivity contribution is -0.125. The number of hydrogen-bond acceptors (Lipinski definition) is 4. The van der Waals surface area contributed by atoms with Gasteiger partial charge in [-0.3, -0.25) is 9.59 Å². The number of nitrogens with zero attached hydrogens (tertiary/aromatic N) is 1. The molecule has 2 heterocycles. The molecule has 0 radical (unpaired) electrons. The minimum absolute atomic E-state index is 0.00136. The molecule has 1 aromatic rings. The first-order chi connectivity index (χ1) is 11.5. The topological polar surface area (TPSA) is 70.7 Å². The smallest absolute Gasteiger partial charge is 0.267 e. The van der Waals surface area contributed by atoms with Crippen LogP contribution in [0.3, 0.4) is 0 Å². The maximum absolute atomic E-state index is 12.4. The normalized spacial score (nSPS) is 26.5. The van der Waals surface area contributed by atoms with Crippen LogP contribution in [0.25, 0.3) is 0 Å². The maximum atomic E-state index is 12.4. The standard InChI is InChI=1S/C18H25N3O3/c1-12-11-14(7-9-19-12)20-17(22)8-10-21-15-5-3-4-6-16(15)24-13(2)18(21)23/h3-6,12-14,19H,7-11H2,1-2H3,(H,20,22). The summed E-state index contributed by atoms with van der Waals surface area (Å²) in [6.45, 7) is 5.17. The van der Waals surface area contributed by atoms with E-state index in [9.17, 15) is 9.59 Å². The van der Waals surface area contributed by atoms with Gasteiger partial charge in [-0.25, -0.2) is 0 Å². The van der Waals surface area contributed by atoms with Gasteiger partial charge in [0.1, 0.15) is 5.75 Å². The monoisotopic (exact) mass is 331 g/mol. The number of amides is 2. The lowest BCUT2D eigenvalue weighted by Gasteiger charge is -2.33. The van der Waals surface area contributed by atoms with E-state index in [1.807, 2.05) is 24.3 Å². The van der Waals surface area contributed by atoms with Crippen LogP contribution >= 0.6 is 0 Å². The van der Waals surface area contributed by atoms with E-state index in [1.165, 1.54) is 0 Å². The van der Waals surface area contributed by atoms with Gasteiger partial charge in [-0.15, -0.1) is 0 Å². The molecule has 0 aromatic heterocycles. The van der Waals surface area contributed by atoms with Crippen molar-refractivity contribution in [1.82, 2.24) is 10.6 Å². The number of fused-ring (bicyclic) bond motifs is 1. The molecule has 2 aliphatic heterocycles. The zero-order valence-electron chi connectivity index (χ0n) is 14.2. The van der Waals surface area contributed by atoms with Crippen LogP contribution in [0, 0.1) is 0 Å². The molecule has 2 N–H and O–H groups in total.